The SMILES string of the molecule is O=CN1CCN(c2cnnc(Nc3ccc(Cl)c(Cl)c3)n2)CC1. The number of carbonyl (C=O) groups is 1. The van der Waals surface area contributed by atoms with Crippen LogP contribution in [0.15, 0.2) is 24.4 Å². The van der Waals surface area contributed by atoms with Gasteiger partial charge in [0.15, 0.2) is 5.82 Å². The third-order valence-corrected chi connectivity index (χ3v) is 4.25. The maximum atomic E-state index is 10.8. The van der Waals surface area contributed by atoms with Crippen LogP contribution in [0.4, 0.5) is 17.5 Å². The maximum Gasteiger partial charge on any atom is 0.249 e. The number of amides is 1. The summed E-state index contributed by atoms with van der Waals surface area (Å²) in [5.74, 6) is 1.09. The van der Waals surface area contributed by atoms with E-state index in [4.69, 9.17) is 23.2 Å². The van der Waals surface area contributed by atoms with Crippen LogP contribution in [0.25, 0.3) is 0 Å². The summed E-state index contributed by atoms with van der Waals surface area (Å²) in [7, 11) is 0. The molecule has 0 radical (unpaired) electrons. The maximum absolute atomic E-state index is 10.8. The number of benzene rings is 1. The standard InChI is InChI=1S/C14H14Cl2N6O/c15-11-2-1-10(7-12(11)16)18-14-19-13(8-17-20-14)22-5-3-21(9-23)4-6-22/h1-2,7-9H,3-6H2,(H,18,19,20). The van der Waals surface area contributed by atoms with E-state index in [1.165, 1.54) is 0 Å². The summed E-state index contributed by atoms with van der Waals surface area (Å²) >= 11 is 11.9. The highest BCUT2D eigenvalue weighted by molar-refractivity contribution is 6.42. The van der Waals surface area contributed by atoms with E-state index >= 15 is 0 Å². The van der Waals surface area contributed by atoms with E-state index in [0.29, 0.717) is 48.0 Å². The minimum atomic E-state index is 0.374. The first-order valence-corrected chi connectivity index (χ1v) is 7.77. The van der Waals surface area contributed by atoms with Crippen molar-refractivity contribution in [3.05, 3.63) is 34.4 Å². The monoisotopic (exact) mass is 352 g/mol. The molecule has 1 aliphatic heterocycles. The number of nitrogens with one attached hydrogen (secondary N) is 1. The average molecular weight is 353 g/mol. The lowest BCUT2D eigenvalue weighted by atomic mass is 10.3. The van der Waals surface area contributed by atoms with Gasteiger partial charge in [0.1, 0.15) is 0 Å². The molecule has 3 rings (SSSR count). The van der Waals surface area contributed by atoms with Crippen molar-refractivity contribution in [2.45, 2.75) is 0 Å². The van der Waals surface area contributed by atoms with Crippen LogP contribution in [0.2, 0.25) is 10.0 Å². The molecule has 0 bridgehead atoms. The summed E-state index contributed by atoms with van der Waals surface area (Å²) in [6, 6.07) is 5.18. The molecule has 0 aliphatic carbocycles. The van der Waals surface area contributed by atoms with Crippen molar-refractivity contribution in [3.8, 4) is 0 Å². The third-order valence-electron chi connectivity index (χ3n) is 3.51. The molecule has 23 heavy (non-hydrogen) atoms. The quantitative estimate of drug-likeness (QED) is 0.850. The largest absolute Gasteiger partial charge is 0.352 e. The number of rotatable bonds is 4. The lowest BCUT2D eigenvalue weighted by molar-refractivity contribution is -0.118. The second-order valence-corrected chi connectivity index (χ2v) is 5.83. The molecule has 1 fully saturated rings. The predicted molar refractivity (Wildman–Crippen MR) is 89.4 cm³/mol. The molecule has 1 saturated heterocycles. The summed E-state index contributed by atoms with van der Waals surface area (Å²) < 4.78 is 0. The van der Waals surface area contributed by atoms with Gasteiger partial charge >= 0.3 is 0 Å². The molecule has 0 atom stereocenters. The lowest BCUT2D eigenvalue weighted by Crippen LogP contribution is -2.46. The van der Waals surface area contributed by atoms with Crippen LogP contribution in [-0.2, 0) is 4.79 Å². The van der Waals surface area contributed by atoms with E-state index in [1.54, 1.807) is 29.3 Å². The number of hydrogen-bond donors (Lipinski definition) is 1. The van der Waals surface area contributed by atoms with Gasteiger partial charge in [0.05, 0.1) is 16.2 Å². The molecule has 9 heteroatoms. The van der Waals surface area contributed by atoms with E-state index in [9.17, 15) is 4.79 Å². The van der Waals surface area contributed by atoms with Crippen LogP contribution in [-0.4, -0.2) is 52.7 Å². The molecule has 0 unspecified atom stereocenters. The highest BCUT2D eigenvalue weighted by Crippen LogP contribution is 2.26. The van der Waals surface area contributed by atoms with Crippen LogP contribution in [0.3, 0.4) is 0 Å². The summed E-state index contributed by atoms with van der Waals surface area (Å²) in [6.45, 7) is 2.76. The molecule has 2 heterocycles. The highest BCUT2D eigenvalue weighted by Gasteiger charge is 2.17. The van der Waals surface area contributed by atoms with Gasteiger partial charge in [-0.3, -0.25) is 4.79 Å². The first kappa shape index (κ1) is 15.8. The van der Waals surface area contributed by atoms with Crippen LogP contribution < -0.4 is 10.2 Å². The normalized spacial score (nSPS) is 14.7. The van der Waals surface area contributed by atoms with E-state index in [-0.39, 0.29) is 0 Å². The van der Waals surface area contributed by atoms with E-state index in [1.807, 2.05) is 0 Å². The second-order valence-electron chi connectivity index (χ2n) is 5.02. The zero-order valence-corrected chi connectivity index (χ0v) is 13.6. The Balaban J connectivity index is 1.72. The number of aromatic nitrogens is 3. The molecule has 7 nitrogen and oxygen atoms in total. The van der Waals surface area contributed by atoms with Crippen molar-refractivity contribution in [1.29, 1.82) is 0 Å². The van der Waals surface area contributed by atoms with Gasteiger partial charge in [-0.2, -0.15) is 10.1 Å². The summed E-state index contributed by atoms with van der Waals surface area (Å²) in [5, 5.41) is 11.9. The number of halogens is 2. The topological polar surface area (TPSA) is 74.2 Å². The lowest BCUT2D eigenvalue weighted by Gasteiger charge is -2.33. The second kappa shape index (κ2) is 6.97. The Morgan fingerprint density at radius 3 is 2.61 bits per heavy atom. The van der Waals surface area contributed by atoms with Crippen molar-refractivity contribution in [2.24, 2.45) is 0 Å². The summed E-state index contributed by atoms with van der Waals surface area (Å²) in [5.41, 5.74) is 0.726. The summed E-state index contributed by atoms with van der Waals surface area (Å²) in [6.07, 6.45) is 2.48. The molecule has 2 aromatic rings. The smallest absolute Gasteiger partial charge is 0.249 e. The number of hydrogen-bond acceptors (Lipinski definition) is 6. The van der Waals surface area contributed by atoms with Gasteiger partial charge in [-0.15, -0.1) is 5.10 Å². The fourth-order valence-electron chi connectivity index (χ4n) is 2.26. The van der Waals surface area contributed by atoms with Crippen LogP contribution >= 0.6 is 23.2 Å². The van der Waals surface area contributed by atoms with Gasteiger partial charge in [-0.1, -0.05) is 23.2 Å². The average Bonchev–Trinajstić information content (AvgIpc) is 2.58. The fourth-order valence-corrected chi connectivity index (χ4v) is 2.56. The zero-order chi connectivity index (χ0) is 16.2. The van der Waals surface area contributed by atoms with E-state index in [2.05, 4.69) is 25.4 Å². The molecule has 1 amide bonds. The van der Waals surface area contributed by atoms with Crippen molar-refractivity contribution < 1.29 is 4.79 Å². The van der Waals surface area contributed by atoms with E-state index in [0.717, 1.165) is 12.1 Å². The fraction of sp³-hybridized carbons (Fsp3) is 0.286. The molecule has 0 spiro atoms. The zero-order valence-electron chi connectivity index (χ0n) is 12.1. The van der Waals surface area contributed by atoms with Crippen molar-refractivity contribution in [2.75, 3.05) is 36.4 Å². The number of nitrogens with zero attached hydrogens (tertiary/aromatic N) is 5. The van der Waals surface area contributed by atoms with Crippen LogP contribution in [0, 0.1) is 0 Å². The molecular formula is C14H14Cl2N6O. The molecule has 0 saturated carbocycles. The minimum Gasteiger partial charge on any atom is -0.352 e. The Labute approximate surface area is 143 Å². The van der Waals surface area contributed by atoms with Gasteiger partial charge in [0, 0.05) is 31.9 Å². The van der Waals surface area contributed by atoms with Gasteiger partial charge in [0.25, 0.3) is 0 Å². The van der Waals surface area contributed by atoms with Crippen LogP contribution in [0.5, 0.6) is 0 Å². The number of piperazine rings is 1. The number of anilines is 3. The Bertz CT molecular complexity index is 705. The first-order chi connectivity index (χ1) is 11.2. The van der Waals surface area contributed by atoms with Crippen LogP contribution in [0.1, 0.15) is 0 Å². The molecule has 1 aromatic carbocycles. The first-order valence-electron chi connectivity index (χ1n) is 7.02. The minimum absolute atomic E-state index is 0.374. The molecule has 1 aliphatic rings. The molecule has 1 N–H and O–H groups in total. The number of carbonyl (C=O) groups excluding carboxylic acids is 1. The Morgan fingerprint density at radius 2 is 1.91 bits per heavy atom. The molecule has 120 valence electrons. The van der Waals surface area contributed by atoms with Crippen molar-refractivity contribution >= 4 is 47.1 Å². The molecular weight excluding hydrogens is 339 g/mol. The van der Waals surface area contributed by atoms with Crippen molar-refractivity contribution in [3.63, 3.8) is 0 Å². The van der Waals surface area contributed by atoms with Gasteiger partial charge in [-0.05, 0) is 18.2 Å². The van der Waals surface area contributed by atoms with Gasteiger partial charge in [-0.25, -0.2) is 0 Å². The summed E-state index contributed by atoms with van der Waals surface area (Å²) in [4.78, 5) is 19.0. The van der Waals surface area contributed by atoms with E-state index < -0.39 is 0 Å². The van der Waals surface area contributed by atoms with Gasteiger partial charge < -0.3 is 15.1 Å². The highest BCUT2D eigenvalue weighted by atomic mass is 35.5. The third kappa shape index (κ3) is 3.80. The predicted octanol–water partition coefficient (Wildman–Crippen LogP) is 2.20. The Kier molecular flexibility index (Phi) is 4.78. The Morgan fingerprint density at radius 1 is 1.13 bits per heavy atom. The molecule has 1 aromatic heterocycles. The van der Waals surface area contributed by atoms with Gasteiger partial charge in [0.2, 0.25) is 12.4 Å². The Hall–Kier alpha value is -2.12. The van der Waals surface area contributed by atoms with Crippen molar-refractivity contribution in [1.82, 2.24) is 20.1 Å².